The van der Waals surface area contributed by atoms with Crippen molar-refractivity contribution < 1.29 is 9.18 Å². The topological polar surface area (TPSA) is 58.1 Å². The third kappa shape index (κ3) is 5.02. The number of nitrogens with zero attached hydrogens (tertiary/aromatic N) is 3. The Hall–Kier alpha value is -2.80. The second kappa shape index (κ2) is 9.34. The molecule has 2 aromatic heterocycles. The van der Waals surface area contributed by atoms with Gasteiger partial charge >= 0.3 is 0 Å². The Morgan fingerprint density at radius 3 is 2.83 bits per heavy atom. The number of halogens is 1. The van der Waals surface area contributed by atoms with E-state index in [2.05, 4.69) is 10.3 Å². The molecule has 1 atom stereocenters. The number of hydrogen-bond acceptors (Lipinski definition) is 5. The molecule has 0 unspecified atom stereocenters. The van der Waals surface area contributed by atoms with Crippen molar-refractivity contribution in [2.75, 3.05) is 11.9 Å². The van der Waals surface area contributed by atoms with Gasteiger partial charge in [0.15, 0.2) is 5.13 Å². The summed E-state index contributed by atoms with van der Waals surface area (Å²) in [6.45, 7) is 2.73. The monoisotopic (exact) mass is 424 g/mol. The van der Waals surface area contributed by atoms with Crippen LogP contribution in [0, 0.1) is 12.7 Å². The van der Waals surface area contributed by atoms with Gasteiger partial charge in [0.25, 0.3) is 0 Å². The number of carbonyl (C=O) groups excluding carboxylic acids is 1. The molecular formula is C23H25FN4OS. The number of anilines is 2. The summed E-state index contributed by atoms with van der Waals surface area (Å²) in [5, 5.41) is 6.07. The van der Waals surface area contributed by atoms with E-state index in [1.165, 1.54) is 12.1 Å². The van der Waals surface area contributed by atoms with Crippen LogP contribution in [0.4, 0.5) is 15.3 Å². The molecule has 3 heterocycles. The Morgan fingerprint density at radius 2 is 2.07 bits per heavy atom. The molecule has 1 fully saturated rings. The van der Waals surface area contributed by atoms with E-state index in [0.717, 1.165) is 60.1 Å². The van der Waals surface area contributed by atoms with Crippen LogP contribution in [0.5, 0.6) is 0 Å². The number of aromatic nitrogens is 2. The van der Waals surface area contributed by atoms with Crippen molar-refractivity contribution in [2.24, 2.45) is 0 Å². The van der Waals surface area contributed by atoms with Crippen LogP contribution in [-0.2, 0) is 11.2 Å². The number of benzene rings is 1. The van der Waals surface area contributed by atoms with Gasteiger partial charge in [-0.1, -0.05) is 18.2 Å². The lowest BCUT2D eigenvalue weighted by Gasteiger charge is -2.24. The fraction of sp³-hybridized carbons (Fsp3) is 0.348. The molecule has 30 heavy (non-hydrogen) atoms. The molecule has 0 aliphatic carbocycles. The van der Waals surface area contributed by atoms with E-state index < -0.39 is 0 Å². The van der Waals surface area contributed by atoms with Crippen molar-refractivity contribution in [1.29, 1.82) is 0 Å². The maximum atomic E-state index is 13.0. The highest BCUT2D eigenvalue weighted by Gasteiger charge is 2.30. The molecule has 1 aliphatic heterocycles. The van der Waals surface area contributed by atoms with Gasteiger partial charge in [0.1, 0.15) is 11.6 Å². The van der Waals surface area contributed by atoms with Crippen LogP contribution in [0.3, 0.4) is 0 Å². The lowest BCUT2D eigenvalue weighted by Crippen LogP contribution is -2.30. The smallest absolute Gasteiger partial charge is 0.223 e. The quantitative estimate of drug-likeness (QED) is 0.551. The van der Waals surface area contributed by atoms with Gasteiger partial charge in [0, 0.05) is 18.3 Å². The number of aryl methyl sites for hydroxylation is 2. The fourth-order valence-electron chi connectivity index (χ4n) is 3.84. The lowest BCUT2D eigenvalue weighted by atomic mass is 10.1. The van der Waals surface area contributed by atoms with Gasteiger partial charge in [-0.05, 0) is 62.4 Å². The molecule has 1 saturated heterocycles. The van der Waals surface area contributed by atoms with Crippen LogP contribution in [0.25, 0.3) is 0 Å². The number of nitrogens with one attached hydrogen (secondary N) is 1. The molecule has 4 rings (SSSR count). The largest absolute Gasteiger partial charge is 0.334 e. The van der Waals surface area contributed by atoms with E-state index in [1.54, 1.807) is 23.5 Å². The van der Waals surface area contributed by atoms with Gasteiger partial charge in [0.2, 0.25) is 5.91 Å². The number of amides is 1. The Bertz CT molecular complexity index is 1000. The van der Waals surface area contributed by atoms with Gasteiger partial charge in [-0.3, -0.25) is 4.79 Å². The number of hydrogen-bond donors (Lipinski definition) is 1. The minimum atomic E-state index is -0.232. The Labute approximate surface area is 180 Å². The molecule has 1 amide bonds. The summed E-state index contributed by atoms with van der Waals surface area (Å²) in [5.41, 5.74) is 2.95. The average Bonchev–Trinajstić information content (AvgIpc) is 3.39. The highest BCUT2D eigenvalue weighted by molar-refractivity contribution is 7.13. The first-order valence-corrected chi connectivity index (χ1v) is 11.2. The second-order valence-electron chi connectivity index (χ2n) is 7.59. The number of rotatable bonds is 7. The molecule has 1 aromatic carbocycles. The molecule has 156 valence electrons. The van der Waals surface area contributed by atoms with Crippen LogP contribution in [0.2, 0.25) is 0 Å². The van der Waals surface area contributed by atoms with Crippen molar-refractivity contribution in [3.63, 3.8) is 0 Å². The van der Waals surface area contributed by atoms with E-state index >= 15 is 0 Å². The number of carbonyl (C=O) groups is 1. The van der Waals surface area contributed by atoms with Crippen LogP contribution in [-0.4, -0.2) is 27.3 Å². The molecular weight excluding hydrogens is 399 g/mol. The standard InChI is InChI=1S/C23H25FN4OS/c1-16-15-30-23(25-16)27-21-8-3-6-19(26-21)20-7-4-14-28(20)22(29)9-2-5-17-10-12-18(24)13-11-17/h3,6,8,10-13,15,20H,2,4-5,7,9,14H2,1H3,(H,25,26,27)/t20-/m1/s1. The summed E-state index contributed by atoms with van der Waals surface area (Å²) in [6.07, 6.45) is 3.93. The minimum absolute atomic E-state index is 0.0168. The highest BCUT2D eigenvalue weighted by atomic mass is 32.1. The molecule has 7 heteroatoms. The van der Waals surface area contributed by atoms with Crippen molar-refractivity contribution in [1.82, 2.24) is 14.9 Å². The van der Waals surface area contributed by atoms with Crippen molar-refractivity contribution in [3.8, 4) is 0 Å². The van der Waals surface area contributed by atoms with E-state index in [1.807, 2.05) is 35.4 Å². The molecule has 0 saturated carbocycles. The summed E-state index contributed by atoms with van der Waals surface area (Å²) in [6, 6.07) is 12.4. The Morgan fingerprint density at radius 1 is 1.23 bits per heavy atom. The third-order valence-corrected chi connectivity index (χ3v) is 6.18. The molecule has 0 spiro atoms. The van der Waals surface area contributed by atoms with Gasteiger partial charge in [-0.2, -0.15) is 0 Å². The van der Waals surface area contributed by atoms with Crippen LogP contribution < -0.4 is 5.32 Å². The first kappa shape index (κ1) is 20.5. The molecule has 0 radical (unpaired) electrons. The van der Waals surface area contributed by atoms with Crippen molar-refractivity contribution in [3.05, 3.63) is 70.6 Å². The van der Waals surface area contributed by atoms with Gasteiger partial charge in [0.05, 0.1) is 17.4 Å². The van der Waals surface area contributed by atoms with Crippen molar-refractivity contribution >= 4 is 28.2 Å². The number of thiazole rings is 1. The zero-order valence-electron chi connectivity index (χ0n) is 17.0. The summed E-state index contributed by atoms with van der Waals surface area (Å²) < 4.78 is 13.0. The predicted molar refractivity (Wildman–Crippen MR) is 117 cm³/mol. The second-order valence-corrected chi connectivity index (χ2v) is 8.45. The third-order valence-electron chi connectivity index (χ3n) is 5.31. The highest BCUT2D eigenvalue weighted by Crippen LogP contribution is 2.32. The first-order valence-electron chi connectivity index (χ1n) is 10.3. The molecule has 3 aromatic rings. The normalized spacial score (nSPS) is 16.1. The maximum Gasteiger partial charge on any atom is 0.223 e. The van der Waals surface area contributed by atoms with Gasteiger partial charge in [-0.25, -0.2) is 14.4 Å². The van der Waals surface area contributed by atoms with E-state index in [0.29, 0.717) is 6.42 Å². The van der Waals surface area contributed by atoms with Gasteiger partial charge in [-0.15, -0.1) is 11.3 Å². The van der Waals surface area contributed by atoms with Gasteiger partial charge < -0.3 is 10.2 Å². The zero-order chi connectivity index (χ0) is 20.9. The van der Waals surface area contributed by atoms with Crippen LogP contribution >= 0.6 is 11.3 Å². The summed E-state index contributed by atoms with van der Waals surface area (Å²) in [7, 11) is 0. The van der Waals surface area contributed by atoms with Crippen LogP contribution in [0.15, 0.2) is 47.8 Å². The molecule has 1 N–H and O–H groups in total. The molecule has 1 aliphatic rings. The first-order chi connectivity index (χ1) is 14.6. The van der Waals surface area contributed by atoms with E-state index in [9.17, 15) is 9.18 Å². The minimum Gasteiger partial charge on any atom is -0.334 e. The van der Waals surface area contributed by atoms with Crippen LogP contribution in [0.1, 0.15) is 48.7 Å². The fourth-order valence-corrected chi connectivity index (χ4v) is 4.53. The molecule has 5 nitrogen and oxygen atoms in total. The molecule has 0 bridgehead atoms. The summed E-state index contributed by atoms with van der Waals surface area (Å²) in [5.74, 6) is 0.678. The lowest BCUT2D eigenvalue weighted by molar-refractivity contribution is -0.132. The predicted octanol–water partition coefficient (Wildman–Crippen LogP) is 5.42. The number of likely N-dealkylation sites (tertiary alicyclic amines) is 1. The summed E-state index contributed by atoms with van der Waals surface area (Å²) in [4.78, 5) is 24.0. The van der Waals surface area contributed by atoms with Crippen molar-refractivity contribution in [2.45, 2.75) is 45.1 Å². The average molecular weight is 425 g/mol. The Balaban J connectivity index is 1.37. The maximum absolute atomic E-state index is 13.0. The Kier molecular flexibility index (Phi) is 6.38. The SMILES string of the molecule is Cc1csc(Nc2cccc([C@H]3CCCN3C(=O)CCCc3ccc(F)cc3)n2)n1. The van der Waals surface area contributed by atoms with E-state index in [4.69, 9.17) is 4.98 Å². The number of pyridine rings is 1. The van der Waals surface area contributed by atoms with E-state index in [-0.39, 0.29) is 17.8 Å². The summed E-state index contributed by atoms with van der Waals surface area (Å²) >= 11 is 1.55. The zero-order valence-corrected chi connectivity index (χ0v) is 17.8.